The number of nitrogens with one attached hydrogen (secondary N) is 1. The molecule has 2 aromatic heterocycles. The maximum atomic E-state index is 12.6. The number of halogens is 1. The van der Waals surface area contributed by atoms with Crippen molar-refractivity contribution in [2.45, 2.75) is 6.92 Å². The van der Waals surface area contributed by atoms with E-state index in [1.54, 1.807) is 37.5 Å². The molecule has 0 radical (unpaired) electrons. The van der Waals surface area contributed by atoms with E-state index in [9.17, 15) is 9.59 Å². The number of ketones is 1. The zero-order valence-electron chi connectivity index (χ0n) is 12.3. The van der Waals surface area contributed by atoms with Crippen molar-refractivity contribution in [3.8, 4) is 0 Å². The zero-order valence-corrected chi connectivity index (χ0v) is 13.1. The molecule has 7 heteroatoms. The van der Waals surface area contributed by atoms with E-state index in [0.717, 1.165) is 0 Å². The number of pyridine rings is 2. The van der Waals surface area contributed by atoms with Crippen LogP contribution in [0, 0.1) is 0 Å². The van der Waals surface area contributed by atoms with Gasteiger partial charge in [0.2, 0.25) is 5.78 Å². The molecule has 0 aliphatic rings. The summed E-state index contributed by atoms with van der Waals surface area (Å²) in [6, 6.07) is 6.53. The van der Waals surface area contributed by atoms with Gasteiger partial charge in [-0.05, 0) is 31.2 Å². The minimum absolute atomic E-state index is 0.0223. The Morgan fingerprint density at radius 1 is 1.30 bits per heavy atom. The Morgan fingerprint density at radius 3 is 2.74 bits per heavy atom. The highest BCUT2D eigenvalue weighted by Crippen LogP contribution is 2.17. The van der Waals surface area contributed by atoms with E-state index >= 15 is 0 Å². The van der Waals surface area contributed by atoms with Crippen molar-refractivity contribution in [1.29, 1.82) is 0 Å². The second-order valence-corrected chi connectivity index (χ2v) is 4.69. The lowest BCUT2D eigenvalue weighted by Gasteiger charge is -2.08. The summed E-state index contributed by atoms with van der Waals surface area (Å²) in [4.78, 5) is 32.4. The summed E-state index contributed by atoms with van der Waals surface area (Å²) < 4.78 is 4.93. The molecule has 0 amide bonds. The van der Waals surface area contributed by atoms with E-state index in [2.05, 4.69) is 15.3 Å². The Morgan fingerprint density at radius 2 is 2.09 bits per heavy atom. The molecule has 0 unspecified atom stereocenters. The molecule has 0 saturated carbocycles. The van der Waals surface area contributed by atoms with E-state index in [0.29, 0.717) is 5.69 Å². The van der Waals surface area contributed by atoms with Crippen LogP contribution in [0.3, 0.4) is 0 Å². The standard InChI is InChI=1S/C16H14ClN3O3/c1-2-23-16(22)13(10-20-11-5-3-7-18-9-11)14(21)12-6-4-8-19-15(12)17/h3-10,20H,2H2,1H3/b13-10+. The minimum Gasteiger partial charge on any atom is -0.462 e. The lowest BCUT2D eigenvalue weighted by molar-refractivity contribution is -0.138. The zero-order chi connectivity index (χ0) is 16.7. The highest BCUT2D eigenvalue weighted by atomic mass is 35.5. The number of hydrogen-bond acceptors (Lipinski definition) is 6. The molecule has 2 heterocycles. The number of nitrogens with zero attached hydrogens (tertiary/aromatic N) is 2. The van der Waals surface area contributed by atoms with E-state index < -0.39 is 11.8 Å². The van der Waals surface area contributed by atoms with Crippen molar-refractivity contribution >= 4 is 29.0 Å². The predicted molar refractivity (Wildman–Crippen MR) is 86.2 cm³/mol. The van der Waals surface area contributed by atoms with Gasteiger partial charge in [0.15, 0.2) is 0 Å². The monoisotopic (exact) mass is 331 g/mol. The summed E-state index contributed by atoms with van der Waals surface area (Å²) in [5.41, 5.74) is 0.575. The highest BCUT2D eigenvalue weighted by molar-refractivity contribution is 6.36. The summed E-state index contributed by atoms with van der Waals surface area (Å²) in [7, 11) is 0. The number of hydrogen-bond donors (Lipinski definition) is 1. The Balaban J connectivity index is 2.32. The average molecular weight is 332 g/mol. The van der Waals surface area contributed by atoms with Crippen LogP contribution in [0.25, 0.3) is 0 Å². The predicted octanol–water partition coefficient (Wildman–Crippen LogP) is 2.87. The van der Waals surface area contributed by atoms with E-state index in [1.165, 1.54) is 18.5 Å². The first kappa shape index (κ1) is 16.6. The van der Waals surface area contributed by atoms with Crippen molar-refractivity contribution < 1.29 is 14.3 Å². The summed E-state index contributed by atoms with van der Waals surface area (Å²) >= 11 is 5.92. The second kappa shape index (κ2) is 8.05. The van der Waals surface area contributed by atoms with E-state index in [1.807, 2.05) is 0 Å². The van der Waals surface area contributed by atoms with E-state index in [-0.39, 0.29) is 22.9 Å². The molecule has 2 rings (SSSR count). The number of esters is 1. The lowest BCUT2D eigenvalue weighted by atomic mass is 10.1. The van der Waals surface area contributed by atoms with Crippen LogP contribution in [0.15, 0.2) is 54.6 Å². The number of aromatic nitrogens is 2. The molecule has 0 atom stereocenters. The Bertz CT molecular complexity index is 732. The van der Waals surface area contributed by atoms with Crippen LogP contribution >= 0.6 is 11.6 Å². The highest BCUT2D eigenvalue weighted by Gasteiger charge is 2.23. The molecule has 0 saturated heterocycles. The van der Waals surface area contributed by atoms with Gasteiger partial charge in [-0.1, -0.05) is 11.6 Å². The quantitative estimate of drug-likeness (QED) is 0.219. The number of carbonyl (C=O) groups is 2. The van der Waals surface area contributed by atoms with Crippen LogP contribution in [-0.4, -0.2) is 28.3 Å². The van der Waals surface area contributed by atoms with Gasteiger partial charge in [-0.3, -0.25) is 9.78 Å². The van der Waals surface area contributed by atoms with Crippen LogP contribution in [0.1, 0.15) is 17.3 Å². The van der Waals surface area contributed by atoms with Gasteiger partial charge in [-0.25, -0.2) is 9.78 Å². The van der Waals surface area contributed by atoms with E-state index in [4.69, 9.17) is 16.3 Å². The van der Waals surface area contributed by atoms with Gasteiger partial charge < -0.3 is 10.1 Å². The molecule has 2 aromatic rings. The van der Waals surface area contributed by atoms with Crippen molar-refractivity contribution in [2.24, 2.45) is 0 Å². The smallest absolute Gasteiger partial charge is 0.343 e. The molecule has 1 N–H and O–H groups in total. The summed E-state index contributed by atoms with van der Waals surface area (Å²) in [6.07, 6.45) is 5.91. The van der Waals surface area contributed by atoms with Crippen molar-refractivity contribution in [2.75, 3.05) is 11.9 Å². The van der Waals surface area contributed by atoms with Crippen LogP contribution in [0.2, 0.25) is 5.15 Å². The third-order valence-electron chi connectivity index (χ3n) is 2.79. The Hall–Kier alpha value is -2.73. The number of rotatable bonds is 6. The van der Waals surface area contributed by atoms with Gasteiger partial charge in [0, 0.05) is 18.6 Å². The maximum Gasteiger partial charge on any atom is 0.343 e. The largest absolute Gasteiger partial charge is 0.462 e. The number of anilines is 1. The third kappa shape index (κ3) is 4.37. The molecule has 0 aliphatic heterocycles. The molecule has 0 spiro atoms. The number of carbonyl (C=O) groups excluding carboxylic acids is 2. The fourth-order valence-corrected chi connectivity index (χ4v) is 1.94. The van der Waals surface area contributed by atoms with Crippen LogP contribution in [0.4, 0.5) is 5.69 Å². The Labute approximate surface area is 138 Å². The molecule has 118 valence electrons. The molecule has 23 heavy (non-hydrogen) atoms. The van der Waals surface area contributed by atoms with Gasteiger partial charge in [0.1, 0.15) is 10.7 Å². The SMILES string of the molecule is CCOC(=O)/C(=C/Nc1cccnc1)C(=O)c1cccnc1Cl. The molecule has 0 aromatic carbocycles. The van der Waals surface area contributed by atoms with Crippen molar-refractivity contribution in [3.63, 3.8) is 0 Å². The summed E-state index contributed by atoms with van der Waals surface area (Å²) in [5, 5.41) is 2.87. The van der Waals surface area contributed by atoms with Crippen LogP contribution < -0.4 is 5.32 Å². The van der Waals surface area contributed by atoms with Crippen LogP contribution in [-0.2, 0) is 9.53 Å². The second-order valence-electron chi connectivity index (χ2n) is 4.34. The lowest BCUT2D eigenvalue weighted by Crippen LogP contribution is -2.18. The van der Waals surface area contributed by atoms with Gasteiger partial charge >= 0.3 is 5.97 Å². The molecular formula is C16H14ClN3O3. The number of ether oxygens (including phenoxy) is 1. The molecule has 0 fully saturated rings. The molecular weight excluding hydrogens is 318 g/mol. The first-order valence-electron chi connectivity index (χ1n) is 6.82. The summed E-state index contributed by atoms with van der Waals surface area (Å²) in [5.74, 6) is -1.31. The molecule has 0 aliphatic carbocycles. The maximum absolute atomic E-state index is 12.6. The fourth-order valence-electron chi connectivity index (χ4n) is 1.73. The van der Waals surface area contributed by atoms with Gasteiger partial charge in [-0.15, -0.1) is 0 Å². The normalized spacial score (nSPS) is 11.0. The summed E-state index contributed by atoms with van der Waals surface area (Å²) in [6.45, 7) is 1.81. The van der Waals surface area contributed by atoms with Crippen LogP contribution in [0.5, 0.6) is 0 Å². The molecule has 6 nitrogen and oxygen atoms in total. The van der Waals surface area contributed by atoms with Gasteiger partial charge in [0.25, 0.3) is 0 Å². The minimum atomic E-state index is -0.742. The van der Waals surface area contributed by atoms with Gasteiger partial charge in [-0.2, -0.15) is 0 Å². The van der Waals surface area contributed by atoms with Crippen molar-refractivity contribution in [1.82, 2.24) is 9.97 Å². The van der Waals surface area contributed by atoms with Crippen molar-refractivity contribution in [3.05, 3.63) is 65.3 Å². The van der Waals surface area contributed by atoms with Gasteiger partial charge in [0.05, 0.1) is 24.1 Å². The first-order chi connectivity index (χ1) is 11.1. The number of Topliss-reactive ketones (excluding diaryl/α,β-unsaturated/α-hetero) is 1. The molecule has 0 bridgehead atoms. The Kier molecular flexibility index (Phi) is 5.82. The topological polar surface area (TPSA) is 81.2 Å². The third-order valence-corrected chi connectivity index (χ3v) is 3.09. The first-order valence-corrected chi connectivity index (χ1v) is 7.20. The average Bonchev–Trinajstić information content (AvgIpc) is 2.56. The fraction of sp³-hybridized carbons (Fsp3) is 0.125.